The number of aryl methyl sites for hydroxylation is 2. The number of carbonyl (C=O) groups excluding carboxylic acids is 2. The van der Waals surface area contributed by atoms with Crippen molar-refractivity contribution in [2.75, 3.05) is 26.2 Å². The Kier molecular flexibility index (Phi) is 10.6. The third-order valence-corrected chi connectivity index (χ3v) is 5.54. The Morgan fingerprint density at radius 2 is 1.91 bits per heavy atom. The molecule has 0 spiro atoms. The summed E-state index contributed by atoms with van der Waals surface area (Å²) in [5, 5.41) is 15.3. The maximum absolute atomic E-state index is 12.7. The summed E-state index contributed by atoms with van der Waals surface area (Å²) in [6.45, 7) is 9.36. The zero-order chi connectivity index (χ0) is 23.3. The van der Waals surface area contributed by atoms with Crippen LogP contribution in [0.4, 0.5) is 0 Å². The lowest BCUT2D eigenvalue weighted by molar-refractivity contribution is -0.128. The Morgan fingerprint density at radius 1 is 1.19 bits per heavy atom. The average molecular weight is 443 g/mol. The van der Waals surface area contributed by atoms with Crippen molar-refractivity contribution < 1.29 is 9.59 Å². The predicted octanol–water partition coefficient (Wildman–Crippen LogP) is 0.657. The van der Waals surface area contributed by atoms with Crippen molar-refractivity contribution in [1.82, 2.24) is 26.6 Å². The zero-order valence-corrected chi connectivity index (χ0v) is 19.3. The maximum atomic E-state index is 12.7. The molecule has 2 amide bonds. The van der Waals surface area contributed by atoms with E-state index in [1.807, 2.05) is 0 Å². The lowest BCUT2D eigenvalue weighted by Gasteiger charge is -2.21. The highest BCUT2D eigenvalue weighted by atomic mass is 16.2. The van der Waals surface area contributed by atoms with Crippen LogP contribution in [0.1, 0.15) is 37.8 Å². The Balaban J connectivity index is 2.08. The van der Waals surface area contributed by atoms with Crippen LogP contribution in [0.15, 0.2) is 48.4 Å². The molecule has 32 heavy (non-hydrogen) atoms. The molecule has 0 saturated carbocycles. The van der Waals surface area contributed by atoms with Crippen LogP contribution in [0.5, 0.6) is 0 Å². The highest BCUT2D eigenvalue weighted by molar-refractivity contribution is 5.88. The summed E-state index contributed by atoms with van der Waals surface area (Å²) in [5.41, 5.74) is 9.63. The monoisotopic (exact) mass is 442 g/mol. The third-order valence-electron chi connectivity index (χ3n) is 5.54. The van der Waals surface area contributed by atoms with Gasteiger partial charge in [-0.05, 0) is 50.7 Å². The smallest absolute Gasteiger partial charge is 0.244 e. The molecule has 1 unspecified atom stereocenters. The topological polar surface area (TPSA) is 120 Å². The largest absolute Gasteiger partial charge is 0.403 e. The Morgan fingerprint density at radius 3 is 2.62 bits per heavy atom. The average Bonchev–Trinajstić information content (AvgIpc) is 2.79. The molecule has 7 N–H and O–H groups in total. The summed E-state index contributed by atoms with van der Waals surface area (Å²) < 4.78 is 0. The van der Waals surface area contributed by atoms with Gasteiger partial charge in [0.1, 0.15) is 6.04 Å². The molecule has 1 aromatic carbocycles. The molecule has 0 saturated heterocycles. The summed E-state index contributed by atoms with van der Waals surface area (Å²) in [6, 6.07) is 8.09. The summed E-state index contributed by atoms with van der Waals surface area (Å²) >= 11 is 0. The molecule has 1 aliphatic rings. The first-order valence-corrected chi connectivity index (χ1v) is 11.3. The van der Waals surface area contributed by atoms with E-state index in [1.54, 1.807) is 6.92 Å². The highest BCUT2D eigenvalue weighted by Crippen LogP contribution is 2.14. The van der Waals surface area contributed by atoms with E-state index in [1.165, 1.54) is 17.3 Å². The number of benzene rings is 1. The molecule has 176 valence electrons. The second kappa shape index (κ2) is 13.4. The van der Waals surface area contributed by atoms with Gasteiger partial charge in [0.25, 0.3) is 0 Å². The molecule has 1 aliphatic heterocycles. The lowest BCUT2D eigenvalue weighted by atomic mass is 9.97. The Hall–Kier alpha value is -3.00. The van der Waals surface area contributed by atoms with E-state index in [0.717, 1.165) is 37.1 Å². The zero-order valence-electron chi connectivity index (χ0n) is 19.3. The van der Waals surface area contributed by atoms with Gasteiger partial charge < -0.3 is 32.3 Å². The Labute approximate surface area is 191 Å². The standard InChI is InChI=1S/C24H38N6O2/c1-17-10-11-21-8-5-4-7-20(21)9-6-12-26-24(32)22(15-28-18(2)13-25)30-23(31)16-29-19(3)14-27-17/h4-5,7-8,13,17,22,27-29H,3,6,9-12,14-16,25H2,1-2H3,(H,26,32)(H,30,31)/b18-13-/t17-,22?/m0/s1. The van der Waals surface area contributed by atoms with Gasteiger partial charge in [0.15, 0.2) is 0 Å². The van der Waals surface area contributed by atoms with Gasteiger partial charge in [0.05, 0.1) is 6.54 Å². The first kappa shape index (κ1) is 25.3. The predicted molar refractivity (Wildman–Crippen MR) is 129 cm³/mol. The normalized spacial score (nSPS) is 22.4. The quantitative estimate of drug-likeness (QED) is 0.409. The highest BCUT2D eigenvalue weighted by Gasteiger charge is 2.20. The molecule has 1 heterocycles. The number of nitrogens with one attached hydrogen (secondary N) is 5. The van der Waals surface area contributed by atoms with Gasteiger partial charge in [0, 0.05) is 43.3 Å². The van der Waals surface area contributed by atoms with Crippen molar-refractivity contribution in [3.05, 3.63) is 59.6 Å². The van der Waals surface area contributed by atoms with Gasteiger partial charge in [-0.1, -0.05) is 30.8 Å². The molecule has 0 aliphatic carbocycles. The van der Waals surface area contributed by atoms with E-state index in [2.05, 4.69) is 64.4 Å². The molecule has 0 aromatic heterocycles. The van der Waals surface area contributed by atoms with Crippen molar-refractivity contribution >= 4 is 11.8 Å². The maximum Gasteiger partial charge on any atom is 0.244 e. The van der Waals surface area contributed by atoms with Crippen LogP contribution in [0.25, 0.3) is 0 Å². The molecule has 0 fully saturated rings. The van der Waals surface area contributed by atoms with Crippen molar-refractivity contribution in [3.63, 3.8) is 0 Å². The molecule has 0 bridgehead atoms. The second-order valence-electron chi connectivity index (χ2n) is 8.29. The minimum absolute atomic E-state index is 0.0533. The van der Waals surface area contributed by atoms with Gasteiger partial charge in [-0.25, -0.2) is 0 Å². The minimum atomic E-state index is -0.711. The summed E-state index contributed by atoms with van der Waals surface area (Å²) in [6.07, 6.45) is 5.14. The number of fused-ring (bicyclic) bond motifs is 1. The first-order chi connectivity index (χ1) is 15.4. The number of amides is 2. The summed E-state index contributed by atoms with van der Waals surface area (Å²) in [4.78, 5) is 25.1. The molecule has 8 nitrogen and oxygen atoms in total. The van der Waals surface area contributed by atoms with Crippen LogP contribution in [0, 0.1) is 0 Å². The van der Waals surface area contributed by atoms with Crippen molar-refractivity contribution in [3.8, 4) is 0 Å². The van der Waals surface area contributed by atoms with Gasteiger partial charge in [-0.2, -0.15) is 0 Å². The molecule has 8 heteroatoms. The first-order valence-electron chi connectivity index (χ1n) is 11.3. The van der Waals surface area contributed by atoms with E-state index in [0.29, 0.717) is 19.1 Å². The van der Waals surface area contributed by atoms with Crippen LogP contribution in [-0.4, -0.2) is 50.1 Å². The van der Waals surface area contributed by atoms with Crippen LogP contribution in [-0.2, 0) is 22.4 Å². The summed E-state index contributed by atoms with van der Waals surface area (Å²) in [7, 11) is 0. The molecule has 2 atom stereocenters. The molecular formula is C24H38N6O2. The van der Waals surface area contributed by atoms with E-state index in [9.17, 15) is 9.59 Å². The fraction of sp³-hybridized carbons (Fsp3) is 0.500. The van der Waals surface area contributed by atoms with Crippen LogP contribution in [0.2, 0.25) is 0 Å². The lowest BCUT2D eigenvalue weighted by Crippen LogP contribution is -2.53. The van der Waals surface area contributed by atoms with E-state index in [4.69, 9.17) is 5.73 Å². The minimum Gasteiger partial charge on any atom is -0.403 e. The van der Waals surface area contributed by atoms with Crippen LogP contribution < -0.4 is 32.3 Å². The molecular weight excluding hydrogens is 404 g/mol. The third kappa shape index (κ3) is 9.01. The number of hydrogen-bond acceptors (Lipinski definition) is 6. The summed E-state index contributed by atoms with van der Waals surface area (Å²) in [5.74, 6) is -0.495. The van der Waals surface area contributed by atoms with Crippen LogP contribution >= 0.6 is 0 Å². The molecule has 1 aromatic rings. The molecule has 0 radical (unpaired) electrons. The van der Waals surface area contributed by atoms with Crippen molar-refractivity contribution in [2.45, 2.75) is 51.6 Å². The second-order valence-corrected chi connectivity index (χ2v) is 8.29. The number of rotatable bonds is 3. The van der Waals surface area contributed by atoms with Gasteiger partial charge in [-0.15, -0.1) is 0 Å². The Bertz CT molecular complexity index is 807. The van der Waals surface area contributed by atoms with E-state index in [-0.39, 0.29) is 24.9 Å². The van der Waals surface area contributed by atoms with Gasteiger partial charge in [0.2, 0.25) is 11.8 Å². The van der Waals surface area contributed by atoms with Gasteiger partial charge >= 0.3 is 0 Å². The number of carbonyl (C=O) groups is 2. The van der Waals surface area contributed by atoms with Crippen LogP contribution in [0.3, 0.4) is 0 Å². The van der Waals surface area contributed by atoms with Crippen molar-refractivity contribution in [2.24, 2.45) is 5.73 Å². The SMILES string of the molecule is C=C1CN[C@@H](C)CCc2ccccc2CCCNC(=O)C(CN/C(C)=C\N)NC(=O)CN1. The number of hydrogen-bond donors (Lipinski definition) is 6. The van der Waals surface area contributed by atoms with E-state index < -0.39 is 6.04 Å². The number of nitrogens with two attached hydrogens (primary N) is 1. The van der Waals surface area contributed by atoms with Gasteiger partial charge in [-0.3, -0.25) is 9.59 Å². The van der Waals surface area contributed by atoms with Crippen molar-refractivity contribution in [1.29, 1.82) is 0 Å². The fourth-order valence-corrected chi connectivity index (χ4v) is 3.47. The molecule has 2 rings (SSSR count). The van der Waals surface area contributed by atoms with E-state index >= 15 is 0 Å². The number of allylic oxidation sites excluding steroid dienone is 1. The fourth-order valence-electron chi connectivity index (χ4n) is 3.47.